The summed E-state index contributed by atoms with van der Waals surface area (Å²) < 4.78 is 5.70. The summed E-state index contributed by atoms with van der Waals surface area (Å²) in [7, 11) is 0.630. The standard InChI is InChI=1S/C8H19OP/c1-5-8(6-2,7-3)9-10-4/h10H,5-7H2,1-4H3. The Balaban J connectivity index is 3.87. The topological polar surface area (TPSA) is 9.23 Å². The molecule has 0 aliphatic rings. The number of hydrogen-bond donors (Lipinski definition) is 0. The molecule has 0 aliphatic heterocycles. The lowest BCUT2D eigenvalue weighted by molar-refractivity contribution is 0.0759. The number of rotatable bonds is 5. The van der Waals surface area contributed by atoms with Gasteiger partial charge in [-0.15, -0.1) is 0 Å². The molecule has 0 aromatic carbocycles. The summed E-state index contributed by atoms with van der Waals surface area (Å²) in [4.78, 5) is 0. The van der Waals surface area contributed by atoms with Crippen LogP contribution in [0.25, 0.3) is 0 Å². The van der Waals surface area contributed by atoms with Crippen LogP contribution in [0.15, 0.2) is 0 Å². The first-order valence-electron chi connectivity index (χ1n) is 4.09. The third-order valence-corrected chi connectivity index (χ3v) is 2.89. The van der Waals surface area contributed by atoms with Crippen molar-refractivity contribution in [3.63, 3.8) is 0 Å². The largest absolute Gasteiger partial charge is 0.356 e. The maximum absolute atomic E-state index is 5.70. The summed E-state index contributed by atoms with van der Waals surface area (Å²) in [5.74, 6) is 0. The van der Waals surface area contributed by atoms with Crippen molar-refractivity contribution in [1.82, 2.24) is 0 Å². The molecule has 0 spiro atoms. The van der Waals surface area contributed by atoms with Crippen LogP contribution in [-0.4, -0.2) is 12.3 Å². The molecule has 1 nitrogen and oxygen atoms in total. The minimum Gasteiger partial charge on any atom is -0.356 e. The van der Waals surface area contributed by atoms with Gasteiger partial charge >= 0.3 is 0 Å². The van der Waals surface area contributed by atoms with E-state index >= 15 is 0 Å². The Morgan fingerprint density at radius 2 is 1.50 bits per heavy atom. The van der Waals surface area contributed by atoms with Crippen molar-refractivity contribution >= 4 is 8.81 Å². The van der Waals surface area contributed by atoms with Crippen molar-refractivity contribution < 1.29 is 4.52 Å². The van der Waals surface area contributed by atoms with E-state index in [1.807, 2.05) is 0 Å². The van der Waals surface area contributed by atoms with Crippen molar-refractivity contribution in [1.29, 1.82) is 0 Å². The summed E-state index contributed by atoms with van der Waals surface area (Å²) in [5.41, 5.74) is 0.188. The molecule has 1 atom stereocenters. The van der Waals surface area contributed by atoms with E-state index in [4.69, 9.17) is 4.52 Å². The Bertz CT molecular complexity index is 71.1. The molecule has 1 unspecified atom stereocenters. The van der Waals surface area contributed by atoms with Crippen LogP contribution in [-0.2, 0) is 4.52 Å². The van der Waals surface area contributed by atoms with Gasteiger partial charge in [0.15, 0.2) is 0 Å². The van der Waals surface area contributed by atoms with Crippen LogP contribution in [0.2, 0.25) is 0 Å². The second-order valence-electron chi connectivity index (χ2n) is 2.55. The van der Waals surface area contributed by atoms with Crippen LogP contribution in [0.5, 0.6) is 0 Å². The zero-order valence-electron chi connectivity index (χ0n) is 7.53. The van der Waals surface area contributed by atoms with Crippen molar-refractivity contribution in [2.24, 2.45) is 0 Å². The van der Waals surface area contributed by atoms with Gasteiger partial charge in [-0.1, -0.05) is 20.8 Å². The zero-order chi connectivity index (χ0) is 8.04. The molecular formula is C8H19OP. The molecule has 0 aliphatic carbocycles. The third kappa shape index (κ3) is 2.56. The molecule has 0 saturated heterocycles. The molecule has 0 fully saturated rings. The average molecular weight is 162 g/mol. The molecule has 0 heterocycles. The van der Waals surface area contributed by atoms with E-state index in [1.165, 1.54) is 0 Å². The van der Waals surface area contributed by atoms with Gasteiger partial charge in [0.05, 0.1) is 5.60 Å². The molecule has 0 rings (SSSR count). The van der Waals surface area contributed by atoms with Gasteiger partial charge in [-0.3, -0.25) is 0 Å². The highest BCUT2D eigenvalue weighted by molar-refractivity contribution is 7.31. The fraction of sp³-hybridized carbons (Fsp3) is 1.00. The Morgan fingerprint density at radius 1 is 1.10 bits per heavy atom. The molecule has 10 heavy (non-hydrogen) atoms. The van der Waals surface area contributed by atoms with Crippen LogP contribution in [0, 0.1) is 0 Å². The Kier molecular flexibility index (Phi) is 5.29. The van der Waals surface area contributed by atoms with Crippen LogP contribution in [0.1, 0.15) is 40.0 Å². The van der Waals surface area contributed by atoms with Gasteiger partial charge < -0.3 is 4.52 Å². The molecule has 0 bridgehead atoms. The second-order valence-corrected chi connectivity index (χ2v) is 3.16. The van der Waals surface area contributed by atoms with Gasteiger partial charge in [-0.05, 0) is 25.9 Å². The SMILES string of the molecule is CCC(CC)(CC)OPC. The molecular weight excluding hydrogens is 143 g/mol. The van der Waals surface area contributed by atoms with E-state index in [1.54, 1.807) is 0 Å². The predicted octanol–water partition coefficient (Wildman–Crippen LogP) is 3.20. The lowest BCUT2D eigenvalue weighted by Crippen LogP contribution is -2.26. The first kappa shape index (κ1) is 10.4. The minimum atomic E-state index is 0.188. The molecule has 2 heteroatoms. The Morgan fingerprint density at radius 3 is 1.60 bits per heavy atom. The summed E-state index contributed by atoms with van der Waals surface area (Å²) >= 11 is 0. The number of hydrogen-bond acceptors (Lipinski definition) is 1. The van der Waals surface area contributed by atoms with Crippen LogP contribution < -0.4 is 0 Å². The first-order chi connectivity index (χ1) is 4.74. The molecule has 0 saturated carbocycles. The van der Waals surface area contributed by atoms with Gasteiger partial charge in [0, 0.05) is 8.81 Å². The van der Waals surface area contributed by atoms with Gasteiger partial charge in [0.25, 0.3) is 0 Å². The summed E-state index contributed by atoms with van der Waals surface area (Å²) in [6.07, 6.45) is 3.42. The van der Waals surface area contributed by atoms with E-state index in [2.05, 4.69) is 27.4 Å². The van der Waals surface area contributed by atoms with E-state index in [-0.39, 0.29) is 5.60 Å². The van der Waals surface area contributed by atoms with Crippen molar-refractivity contribution in [3.05, 3.63) is 0 Å². The van der Waals surface area contributed by atoms with E-state index < -0.39 is 0 Å². The molecule has 0 aromatic heterocycles. The molecule has 0 aromatic rings. The van der Waals surface area contributed by atoms with Gasteiger partial charge in [0.2, 0.25) is 0 Å². The smallest absolute Gasteiger partial charge is 0.0713 e. The van der Waals surface area contributed by atoms with Gasteiger partial charge in [-0.25, -0.2) is 0 Å². The minimum absolute atomic E-state index is 0.188. The molecule has 0 amide bonds. The van der Waals surface area contributed by atoms with Gasteiger partial charge in [-0.2, -0.15) is 0 Å². The lowest BCUT2D eigenvalue weighted by atomic mass is 9.95. The fourth-order valence-corrected chi connectivity index (χ4v) is 2.05. The zero-order valence-corrected chi connectivity index (χ0v) is 8.53. The van der Waals surface area contributed by atoms with Crippen LogP contribution >= 0.6 is 8.81 Å². The Labute approximate surface area is 66.4 Å². The van der Waals surface area contributed by atoms with Crippen LogP contribution in [0.3, 0.4) is 0 Å². The summed E-state index contributed by atoms with van der Waals surface area (Å²) in [5, 5.41) is 0. The highest BCUT2D eigenvalue weighted by Gasteiger charge is 2.23. The van der Waals surface area contributed by atoms with Crippen LogP contribution in [0.4, 0.5) is 0 Å². The van der Waals surface area contributed by atoms with E-state index in [0.717, 1.165) is 19.3 Å². The highest BCUT2D eigenvalue weighted by Crippen LogP contribution is 2.30. The van der Waals surface area contributed by atoms with Crippen molar-refractivity contribution in [2.45, 2.75) is 45.6 Å². The molecule has 0 radical (unpaired) electrons. The van der Waals surface area contributed by atoms with Gasteiger partial charge in [0.1, 0.15) is 0 Å². The summed E-state index contributed by atoms with van der Waals surface area (Å²) in [6.45, 7) is 8.70. The van der Waals surface area contributed by atoms with E-state index in [9.17, 15) is 0 Å². The average Bonchev–Trinajstić information content (AvgIpc) is 2.01. The monoisotopic (exact) mass is 162 g/mol. The maximum atomic E-state index is 5.70. The maximum Gasteiger partial charge on any atom is 0.0713 e. The van der Waals surface area contributed by atoms with Crippen molar-refractivity contribution in [2.75, 3.05) is 6.66 Å². The highest BCUT2D eigenvalue weighted by atomic mass is 31.1. The van der Waals surface area contributed by atoms with E-state index in [0.29, 0.717) is 8.81 Å². The summed E-state index contributed by atoms with van der Waals surface area (Å²) in [6, 6.07) is 0. The predicted molar refractivity (Wildman–Crippen MR) is 48.9 cm³/mol. The fourth-order valence-electron chi connectivity index (χ4n) is 1.18. The normalized spacial score (nSPS) is 13.2. The first-order valence-corrected chi connectivity index (χ1v) is 5.50. The third-order valence-electron chi connectivity index (χ3n) is 2.25. The Hall–Kier alpha value is 0.390. The van der Waals surface area contributed by atoms with Crippen molar-refractivity contribution in [3.8, 4) is 0 Å². The molecule has 0 N–H and O–H groups in total. The quantitative estimate of drug-likeness (QED) is 0.564. The molecule has 62 valence electrons. The lowest BCUT2D eigenvalue weighted by Gasteiger charge is -2.29. The second kappa shape index (κ2) is 5.09.